The summed E-state index contributed by atoms with van der Waals surface area (Å²) in [6.07, 6.45) is -0.646. The van der Waals surface area contributed by atoms with Gasteiger partial charge in [0.25, 0.3) is 0 Å². The number of aryl methyl sites for hydroxylation is 2. The van der Waals surface area contributed by atoms with Crippen molar-refractivity contribution < 1.29 is 14.3 Å². The van der Waals surface area contributed by atoms with Crippen LogP contribution in [-0.4, -0.2) is 17.8 Å². The quantitative estimate of drug-likeness (QED) is 0.852. The summed E-state index contributed by atoms with van der Waals surface area (Å²) in [5.74, 6) is 0.201. The summed E-state index contributed by atoms with van der Waals surface area (Å²) < 4.78 is 5.77. The van der Waals surface area contributed by atoms with Crippen LogP contribution in [0.1, 0.15) is 35.3 Å². The zero-order valence-electron chi connectivity index (χ0n) is 13.8. The fraction of sp³-hybridized carbons (Fsp3) is 0.263. The lowest BCUT2D eigenvalue weighted by Crippen LogP contribution is -2.24. The first kappa shape index (κ1) is 16.7. The normalized spacial score (nSPS) is 11.7. The molecule has 1 atom stereocenters. The topological polar surface area (TPSA) is 55.4 Å². The zero-order chi connectivity index (χ0) is 17.0. The number of carbonyl (C=O) groups is 2. The summed E-state index contributed by atoms with van der Waals surface area (Å²) in [6, 6.07) is 12.7. The molecule has 0 bridgehead atoms. The van der Waals surface area contributed by atoms with Crippen LogP contribution < -0.4 is 10.1 Å². The molecule has 1 N–H and O–H groups in total. The van der Waals surface area contributed by atoms with Crippen LogP contribution >= 0.6 is 0 Å². The van der Waals surface area contributed by atoms with Crippen LogP contribution in [0.2, 0.25) is 0 Å². The van der Waals surface area contributed by atoms with Crippen LogP contribution in [0.25, 0.3) is 0 Å². The van der Waals surface area contributed by atoms with Crippen LogP contribution in [0.4, 0.5) is 5.69 Å². The molecule has 0 saturated carbocycles. The van der Waals surface area contributed by atoms with Crippen molar-refractivity contribution in [2.75, 3.05) is 5.32 Å². The maximum Gasteiger partial charge on any atom is 0.221 e. The number of ketones is 1. The molecule has 0 aliphatic carbocycles. The first-order chi connectivity index (χ1) is 10.9. The average Bonchev–Trinajstić information content (AvgIpc) is 2.50. The van der Waals surface area contributed by atoms with Crippen molar-refractivity contribution in [3.63, 3.8) is 0 Å². The number of nitrogens with one attached hydrogen (secondary N) is 1. The summed E-state index contributed by atoms with van der Waals surface area (Å²) in [6.45, 7) is 7.12. The van der Waals surface area contributed by atoms with E-state index in [2.05, 4.69) is 5.32 Å². The molecule has 23 heavy (non-hydrogen) atoms. The Bertz CT molecular complexity index is 737. The predicted octanol–water partition coefficient (Wildman–Crippen LogP) is 3.91. The second-order valence-electron chi connectivity index (χ2n) is 5.60. The first-order valence-corrected chi connectivity index (χ1v) is 7.53. The van der Waals surface area contributed by atoms with Gasteiger partial charge in [-0.2, -0.15) is 0 Å². The van der Waals surface area contributed by atoms with Gasteiger partial charge in [0.1, 0.15) is 5.75 Å². The van der Waals surface area contributed by atoms with Gasteiger partial charge in [-0.25, -0.2) is 0 Å². The van der Waals surface area contributed by atoms with E-state index in [-0.39, 0.29) is 11.7 Å². The van der Waals surface area contributed by atoms with E-state index >= 15 is 0 Å². The Hall–Kier alpha value is -2.62. The molecule has 0 aliphatic rings. The second kappa shape index (κ2) is 7.09. The summed E-state index contributed by atoms with van der Waals surface area (Å²) in [4.78, 5) is 23.8. The summed E-state index contributed by atoms with van der Waals surface area (Å²) >= 11 is 0. The molecule has 1 amide bonds. The molecular weight excluding hydrogens is 290 g/mol. The minimum Gasteiger partial charge on any atom is -0.480 e. The third-order valence-corrected chi connectivity index (χ3v) is 3.66. The highest BCUT2D eigenvalue weighted by Gasteiger charge is 2.18. The summed E-state index contributed by atoms with van der Waals surface area (Å²) in [5.41, 5.74) is 3.39. The van der Waals surface area contributed by atoms with Crippen molar-refractivity contribution in [2.45, 2.75) is 33.8 Å². The van der Waals surface area contributed by atoms with E-state index < -0.39 is 6.10 Å². The molecule has 0 unspecified atom stereocenters. The average molecular weight is 311 g/mol. The van der Waals surface area contributed by atoms with E-state index in [9.17, 15) is 9.59 Å². The third-order valence-electron chi connectivity index (χ3n) is 3.66. The lowest BCUT2D eigenvalue weighted by atomic mass is 10.0. The van der Waals surface area contributed by atoms with Gasteiger partial charge in [0.2, 0.25) is 11.7 Å². The van der Waals surface area contributed by atoms with Crippen molar-refractivity contribution in [1.82, 2.24) is 0 Å². The Morgan fingerprint density at radius 3 is 2.39 bits per heavy atom. The number of hydrogen-bond acceptors (Lipinski definition) is 3. The minimum atomic E-state index is -0.646. The van der Waals surface area contributed by atoms with Crippen LogP contribution in [0, 0.1) is 13.8 Å². The SMILES string of the molecule is CC(=O)Nc1ccccc1O[C@@H](C)C(=O)c1ccc(C)c(C)c1. The van der Waals surface area contributed by atoms with Crippen molar-refractivity contribution in [1.29, 1.82) is 0 Å². The molecule has 0 aromatic heterocycles. The maximum absolute atomic E-state index is 12.5. The molecule has 2 aromatic carbocycles. The van der Waals surface area contributed by atoms with Crippen molar-refractivity contribution in [3.8, 4) is 5.75 Å². The second-order valence-corrected chi connectivity index (χ2v) is 5.60. The maximum atomic E-state index is 12.5. The van der Waals surface area contributed by atoms with Gasteiger partial charge in [0.15, 0.2) is 6.10 Å². The van der Waals surface area contributed by atoms with E-state index in [1.54, 1.807) is 31.2 Å². The van der Waals surface area contributed by atoms with E-state index in [1.165, 1.54) is 6.92 Å². The molecule has 4 heteroatoms. The number of hydrogen-bond donors (Lipinski definition) is 1. The molecule has 0 spiro atoms. The number of carbonyl (C=O) groups excluding carboxylic acids is 2. The molecular formula is C19H21NO3. The Labute approximate surface area is 136 Å². The minimum absolute atomic E-state index is 0.0919. The van der Waals surface area contributed by atoms with E-state index in [4.69, 9.17) is 4.74 Å². The molecule has 2 rings (SSSR count). The highest BCUT2D eigenvalue weighted by atomic mass is 16.5. The number of ether oxygens (including phenoxy) is 1. The lowest BCUT2D eigenvalue weighted by Gasteiger charge is -2.17. The van der Waals surface area contributed by atoms with E-state index in [0.717, 1.165) is 11.1 Å². The van der Waals surface area contributed by atoms with Gasteiger partial charge in [-0.3, -0.25) is 9.59 Å². The van der Waals surface area contributed by atoms with E-state index in [0.29, 0.717) is 17.0 Å². The van der Waals surface area contributed by atoms with Gasteiger partial charge in [0, 0.05) is 12.5 Å². The van der Waals surface area contributed by atoms with Gasteiger partial charge in [-0.05, 0) is 50.1 Å². The van der Waals surface area contributed by atoms with Crippen molar-refractivity contribution >= 4 is 17.4 Å². The number of Topliss-reactive ketones (excluding diaryl/α,β-unsaturated/α-hetero) is 1. The molecule has 120 valence electrons. The van der Waals surface area contributed by atoms with Crippen LogP contribution in [0.5, 0.6) is 5.75 Å². The molecule has 0 radical (unpaired) electrons. The highest BCUT2D eigenvalue weighted by Crippen LogP contribution is 2.25. The lowest BCUT2D eigenvalue weighted by molar-refractivity contribution is -0.114. The zero-order valence-corrected chi connectivity index (χ0v) is 13.8. The fourth-order valence-electron chi connectivity index (χ4n) is 2.24. The summed E-state index contributed by atoms with van der Waals surface area (Å²) in [7, 11) is 0. The van der Waals surface area contributed by atoms with Crippen LogP contribution in [-0.2, 0) is 4.79 Å². The molecule has 0 aliphatic heterocycles. The van der Waals surface area contributed by atoms with Crippen LogP contribution in [0.15, 0.2) is 42.5 Å². The number of para-hydroxylation sites is 2. The standard InChI is InChI=1S/C19H21NO3/c1-12-9-10-16(11-13(12)2)19(22)14(3)23-18-8-6-5-7-17(18)20-15(4)21/h5-11,14H,1-4H3,(H,20,21)/t14-/m0/s1. The molecule has 4 nitrogen and oxygen atoms in total. The predicted molar refractivity (Wildman–Crippen MR) is 91.1 cm³/mol. The van der Waals surface area contributed by atoms with Gasteiger partial charge < -0.3 is 10.1 Å². The molecule has 0 heterocycles. The molecule has 2 aromatic rings. The fourth-order valence-corrected chi connectivity index (χ4v) is 2.24. The largest absolute Gasteiger partial charge is 0.480 e. The summed E-state index contributed by atoms with van der Waals surface area (Å²) in [5, 5.41) is 2.70. The smallest absolute Gasteiger partial charge is 0.221 e. The molecule has 0 fully saturated rings. The van der Waals surface area contributed by atoms with Gasteiger partial charge in [-0.15, -0.1) is 0 Å². The Morgan fingerprint density at radius 2 is 1.74 bits per heavy atom. The highest BCUT2D eigenvalue weighted by molar-refractivity contribution is 5.99. The van der Waals surface area contributed by atoms with Gasteiger partial charge >= 0.3 is 0 Å². The number of amides is 1. The Balaban J connectivity index is 2.18. The number of rotatable bonds is 5. The monoisotopic (exact) mass is 311 g/mol. The van der Waals surface area contributed by atoms with E-state index in [1.807, 2.05) is 32.0 Å². The van der Waals surface area contributed by atoms with Crippen molar-refractivity contribution in [2.24, 2.45) is 0 Å². The Kier molecular flexibility index (Phi) is 5.16. The van der Waals surface area contributed by atoms with Crippen LogP contribution in [0.3, 0.4) is 0 Å². The van der Waals surface area contributed by atoms with Gasteiger partial charge in [0.05, 0.1) is 5.69 Å². The Morgan fingerprint density at radius 1 is 1.04 bits per heavy atom. The van der Waals surface area contributed by atoms with Gasteiger partial charge in [-0.1, -0.05) is 24.3 Å². The first-order valence-electron chi connectivity index (χ1n) is 7.53. The van der Waals surface area contributed by atoms with Crippen molar-refractivity contribution in [3.05, 3.63) is 59.2 Å². The number of anilines is 1. The number of benzene rings is 2. The third kappa shape index (κ3) is 4.19. The molecule has 0 saturated heterocycles.